The number of ether oxygens (including phenoxy) is 2. The van der Waals surface area contributed by atoms with E-state index in [2.05, 4.69) is 4.74 Å². The molecular weight excluding hydrogens is 172 g/mol. The second kappa shape index (κ2) is 5.19. The highest BCUT2D eigenvalue weighted by Gasteiger charge is 2.16. The average molecular weight is 190 g/mol. The molecule has 78 valence electrons. The molecule has 0 aromatic heterocycles. The Bertz CT molecular complexity index is 159. The van der Waals surface area contributed by atoms with Crippen LogP contribution in [0, 0.1) is 0 Å². The minimum atomic E-state index is -0.785. The fourth-order valence-corrected chi connectivity index (χ4v) is 0.681. The fourth-order valence-electron chi connectivity index (χ4n) is 0.681. The van der Waals surface area contributed by atoms with Crippen molar-refractivity contribution in [2.24, 2.45) is 0 Å². The standard InChI is InChI=1S/C9H18O4/c1-9(2,3)13-6-7(10)5-8(11)12-4/h7,10H,5-6H2,1-4H3. The molecule has 0 saturated heterocycles. The normalized spacial score (nSPS) is 13.9. The van der Waals surface area contributed by atoms with Gasteiger partial charge in [0.2, 0.25) is 0 Å². The van der Waals surface area contributed by atoms with Gasteiger partial charge in [-0.15, -0.1) is 0 Å². The summed E-state index contributed by atoms with van der Waals surface area (Å²) in [5, 5.41) is 9.29. The lowest BCUT2D eigenvalue weighted by atomic mass is 10.2. The predicted octanol–water partition coefficient (Wildman–Crippen LogP) is 0.725. The van der Waals surface area contributed by atoms with Gasteiger partial charge in [0.25, 0.3) is 0 Å². The third kappa shape index (κ3) is 7.74. The molecule has 0 bridgehead atoms. The van der Waals surface area contributed by atoms with Crippen LogP contribution in [-0.4, -0.2) is 36.5 Å². The molecule has 0 rings (SSSR count). The van der Waals surface area contributed by atoms with Gasteiger partial charge in [0.1, 0.15) is 0 Å². The van der Waals surface area contributed by atoms with Crippen LogP contribution in [-0.2, 0) is 14.3 Å². The Morgan fingerprint density at radius 1 is 1.46 bits per heavy atom. The van der Waals surface area contributed by atoms with E-state index in [1.165, 1.54) is 7.11 Å². The summed E-state index contributed by atoms with van der Waals surface area (Å²) in [5.41, 5.74) is -0.295. The van der Waals surface area contributed by atoms with Crippen molar-refractivity contribution < 1.29 is 19.4 Å². The monoisotopic (exact) mass is 190 g/mol. The molecule has 0 heterocycles. The van der Waals surface area contributed by atoms with Gasteiger partial charge in [-0.3, -0.25) is 4.79 Å². The SMILES string of the molecule is COC(=O)CC(O)COC(C)(C)C. The van der Waals surface area contributed by atoms with Gasteiger partial charge in [0.15, 0.2) is 0 Å². The average Bonchev–Trinajstić information content (AvgIpc) is 1.99. The van der Waals surface area contributed by atoms with Gasteiger partial charge in [-0.1, -0.05) is 0 Å². The second-order valence-electron chi connectivity index (χ2n) is 3.86. The topological polar surface area (TPSA) is 55.8 Å². The summed E-state index contributed by atoms with van der Waals surface area (Å²) in [5.74, 6) is -0.426. The fraction of sp³-hybridized carbons (Fsp3) is 0.889. The highest BCUT2D eigenvalue weighted by molar-refractivity contribution is 5.69. The minimum absolute atomic E-state index is 0.0212. The number of methoxy groups -OCH3 is 1. The van der Waals surface area contributed by atoms with Gasteiger partial charge in [-0.2, -0.15) is 0 Å². The van der Waals surface area contributed by atoms with Crippen LogP contribution < -0.4 is 0 Å². The first-order valence-corrected chi connectivity index (χ1v) is 4.24. The van der Waals surface area contributed by atoms with Gasteiger partial charge in [0, 0.05) is 0 Å². The first-order chi connectivity index (χ1) is 5.85. The lowest BCUT2D eigenvalue weighted by Crippen LogP contribution is -2.27. The highest BCUT2D eigenvalue weighted by Crippen LogP contribution is 2.08. The zero-order valence-electron chi connectivity index (χ0n) is 8.66. The molecule has 0 aliphatic rings. The minimum Gasteiger partial charge on any atom is -0.469 e. The van der Waals surface area contributed by atoms with E-state index < -0.39 is 12.1 Å². The Morgan fingerprint density at radius 3 is 2.38 bits per heavy atom. The summed E-state index contributed by atoms with van der Waals surface area (Å²) in [6, 6.07) is 0. The number of hydrogen-bond donors (Lipinski definition) is 1. The van der Waals surface area contributed by atoms with Crippen molar-refractivity contribution in [1.82, 2.24) is 0 Å². The van der Waals surface area contributed by atoms with E-state index in [-0.39, 0.29) is 18.6 Å². The number of carbonyl (C=O) groups excluding carboxylic acids is 1. The lowest BCUT2D eigenvalue weighted by Gasteiger charge is -2.21. The zero-order chi connectivity index (χ0) is 10.5. The quantitative estimate of drug-likeness (QED) is 0.664. The summed E-state index contributed by atoms with van der Waals surface area (Å²) in [4.78, 5) is 10.7. The van der Waals surface area contributed by atoms with Crippen LogP contribution in [0.5, 0.6) is 0 Å². The Morgan fingerprint density at radius 2 is 2.00 bits per heavy atom. The van der Waals surface area contributed by atoms with Crippen molar-refractivity contribution in [3.05, 3.63) is 0 Å². The number of rotatable bonds is 4. The Hall–Kier alpha value is -0.610. The van der Waals surface area contributed by atoms with Crippen LogP contribution in [0.15, 0.2) is 0 Å². The van der Waals surface area contributed by atoms with E-state index in [1.807, 2.05) is 20.8 Å². The number of esters is 1. The first-order valence-electron chi connectivity index (χ1n) is 4.24. The van der Waals surface area contributed by atoms with E-state index in [9.17, 15) is 9.90 Å². The van der Waals surface area contributed by atoms with E-state index in [0.29, 0.717) is 0 Å². The molecule has 0 amide bonds. The van der Waals surface area contributed by atoms with E-state index in [1.54, 1.807) is 0 Å². The van der Waals surface area contributed by atoms with Gasteiger partial charge in [-0.05, 0) is 20.8 Å². The molecule has 4 nitrogen and oxygen atoms in total. The number of aliphatic hydroxyl groups is 1. The van der Waals surface area contributed by atoms with Crippen molar-refractivity contribution in [2.45, 2.75) is 38.9 Å². The molecule has 1 atom stereocenters. The van der Waals surface area contributed by atoms with Gasteiger partial charge >= 0.3 is 5.97 Å². The van der Waals surface area contributed by atoms with Crippen molar-refractivity contribution in [3.8, 4) is 0 Å². The second-order valence-corrected chi connectivity index (χ2v) is 3.86. The molecule has 13 heavy (non-hydrogen) atoms. The van der Waals surface area contributed by atoms with Gasteiger partial charge < -0.3 is 14.6 Å². The smallest absolute Gasteiger partial charge is 0.308 e. The molecule has 0 aromatic carbocycles. The van der Waals surface area contributed by atoms with E-state index in [0.717, 1.165) is 0 Å². The number of carbonyl (C=O) groups is 1. The maximum Gasteiger partial charge on any atom is 0.308 e. The number of hydrogen-bond acceptors (Lipinski definition) is 4. The molecule has 1 unspecified atom stereocenters. The molecule has 0 fully saturated rings. The maximum atomic E-state index is 10.7. The highest BCUT2D eigenvalue weighted by atomic mass is 16.5. The van der Waals surface area contributed by atoms with Crippen LogP contribution in [0.1, 0.15) is 27.2 Å². The summed E-state index contributed by atoms with van der Waals surface area (Å²) in [6.07, 6.45) is -0.807. The Kier molecular flexibility index (Phi) is 4.95. The largest absolute Gasteiger partial charge is 0.469 e. The third-order valence-electron chi connectivity index (χ3n) is 1.34. The molecule has 4 heteroatoms. The van der Waals surface area contributed by atoms with Crippen molar-refractivity contribution in [1.29, 1.82) is 0 Å². The Labute approximate surface area is 78.8 Å². The van der Waals surface area contributed by atoms with Crippen molar-refractivity contribution in [2.75, 3.05) is 13.7 Å². The zero-order valence-corrected chi connectivity index (χ0v) is 8.66. The molecule has 1 N–H and O–H groups in total. The maximum absolute atomic E-state index is 10.7. The van der Waals surface area contributed by atoms with Crippen molar-refractivity contribution >= 4 is 5.97 Å². The van der Waals surface area contributed by atoms with Crippen LogP contribution in [0.2, 0.25) is 0 Å². The molecule has 0 aliphatic carbocycles. The lowest BCUT2D eigenvalue weighted by molar-refractivity contribution is -0.144. The summed E-state index contributed by atoms with van der Waals surface area (Å²) in [7, 11) is 1.29. The number of aliphatic hydroxyl groups excluding tert-OH is 1. The van der Waals surface area contributed by atoms with Crippen LogP contribution >= 0.6 is 0 Å². The summed E-state index contributed by atoms with van der Waals surface area (Å²) < 4.78 is 9.68. The molecule has 0 aliphatic heterocycles. The molecule has 0 spiro atoms. The van der Waals surface area contributed by atoms with E-state index in [4.69, 9.17) is 4.74 Å². The van der Waals surface area contributed by atoms with Crippen LogP contribution in [0.3, 0.4) is 0 Å². The Balaban J connectivity index is 3.63. The molecule has 0 saturated carbocycles. The summed E-state index contributed by atoms with van der Waals surface area (Å²) in [6.45, 7) is 5.81. The summed E-state index contributed by atoms with van der Waals surface area (Å²) >= 11 is 0. The molecule has 0 radical (unpaired) electrons. The first kappa shape index (κ1) is 12.4. The third-order valence-corrected chi connectivity index (χ3v) is 1.34. The molecule has 0 aromatic rings. The molecular formula is C9H18O4. The van der Waals surface area contributed by atoms with Gasteiger partial charge in [-0.25, -0.2) is 0 Å². The van der Waals surface area contributed by atoms with Crippen LogP contribution in [0.25, 0.3) is 0 Å². The predicted molar refractivity (Wildman–Crippen MR) is 48.3 cm³/mol. The van der Waals surface area contributed by atoms with Crippen molar-refractivity contribution in [3.63, 3.8) is 0 Å². The van der Waals surface area contributed by atoms with E-state index >= 15 is 0 Å². The van der Waals surface area contributed by atoms with Gasteiger partial charge in [0.05, 0.1) is 31.8 Å². The van der Waals surface area contributed by atoms with Crippen LogP contribution in [0.4, 0.5) is 0 Å².